The number of rotatable bonds is 6. The van der Waals surface area contributed by atoms with Crippen LogP contribution in [0.5, 0.6) is 0 Å². The number of fused-ring (bicyclic) bond motifs is 1. The second kappa shape index (κ2) is 9.37. The van der Waals surface area contributed by atoms with Crippen molar-refractivity contribution in [3.05, 3.63) is 93.9 Å². The van der Waals surface area contributed by atoms with E-state index in [1.807, 2.05) is 0 Å². The number of carbonyl (C=O) groups excluding carboxylic acids is 1. The van der Waals surface area contributed by atoms with Crippen LogP contribution in [0.15, 0.2) is 60.7 Å². The van der Waals surface area contributed by atoms with E-state index in [-0.39, 0.29) is 5.91 Å². The summed E-state index contributed by atoms with van der Waals surface area (Å²) in [5, 5.41) is 3.56. The van der Waals surface area contributed by atoms with Crippen LogP contribution in [0.2, 0.25) is 0 Å². The minimum absolute atomic E-state index is 0.290. The summed E-state index contributed by atoms with van der Waals surface area (Å²) >= 11 is 1.26. The fourth-order valence-electron chi connectivity index (χ4n) is 3.92. The number of sulfonamides is 1. The number of thiophene rings is 1. The third kappa shape index (κ3) is 5.40. The van der Waals surface area contributed by atoms with Crippen LogP contribution in [0.4, 0.5) is 20.2 Å². The molecule has 0 aliphatic carbocycles. The van der Waals surface area contributed by atoms with Crippen LogP contribution in [-0.2, 0) is 15.4 Å². The van der Waals surface area contributed by atoms with Crippen LogP contribution in [0.25, 0.3) is 10.1 Å². The summed E-state index contributed by atoms with van der Waals surface area (Å²) < 4.78 is 54.3. The number of benzene rings is 3. The molecule has 0 saturated carbocycles. The van der Waals surface area contributed by atoms with Crippen molar-refractivity contribution in [3.63, 3.8) is 0 Å². The fourth-order valence-corrected chi connectivity index (χ4v) is 5.41. The first-order valence-electron chi connectivity index (χ1n) is 10.8. The number of halogens is 2. The van der Waals surface area contributed by atoms with Gasteiger partial charge < -0.3 is 5.32 Å². The van der Waals surface area contributed by atoms with Crippen molar-refractivity contribution >= 4 is 48.7 Å². The molecule has 0 aliphatic rings. The topological polar surface area (TPSA) is 75.3 Å². The zero-order chi connectivity index (χ0) is 26.3. The molecule has 1 aromatic heterocycles. The van der Waals surface area contributed by atoms with Crippen molar-refractivity contribution in [2.45, 2.75) is 19.3 Å². The first-order chi connectivity index (χ1) is 16.9. The zero-order valence-electron chi connectivity index (χ0n) is 19.6. The minimum atomic E-state index is -3.43. The molecular formula is C27H22F2N2O3S2. The Hall–Kier alpha value is -3.74. The molecule has 184 valence electrons. The van der Waals surface area contributed by atoms with E-state index in [0.717, 1.165) is 17.0 Å². The van der Waals surface area contributed by atoms with E-state index in [1.54, 1.807) is 56.3 Å². The third-order valence-electron chi connectivity index (χ3n) is 5.73. The van der Waals surface area contributed by atoms with Gasteiger partial charge in [-0.15, -0.1) is 17.8 Å². The van der Waals surface area contributed by atoms with Crippen molar-refractivity contribution < 1.29 is 22.0 Å². The van der Waals surface area contributed by atoms with E-state index in [0.29, 0.717) is 38.3 Å². The Morgan fingerprint density at radius 2 is 1.75 bits per heavy atom. The van der Waals surface area contributed by atoms with Crippen LogP contribution in [0.1, 0.15) is 40.2 Å². The molecule has 3 aromatic carbocycles. The largest absolute Gasteiger partial charge is 0.321 e. The summed E-state index contributed by atoms with van der Waals surface area (Å²) in [7, 11) is -3.43. The average Bonchev–Trinajstić information content (AvgIpc) is 3.21. The molecule has 0 saturated heterocycles. The van der Waals surface area contributed by atoms with Gasteiger partial charge in [0.05, 0.1) is 11.1 Å². The van der Waals surface area contributed by atoms with Gasteiger partial charge in [0.1, 0.15) is 11.6 Å². The van der Waals surface area contributed by atoms with Gasteiger partial charge in [-0.3, -0.25) is 9.52 Å². The van der Waals surface area contributed by atoms with Crippen molar-refractivity contribution in [3.8, 4) is 12.3 Å². The first kappa shape index (κ1) is 25.4. The molecule has 0 unspecified atom stereocenters. The molecule has 0 radical (unpaired) electrons. The molecular weight excluding hydrogens is 502 g/mol. The number of terminal acetylenes is 1. The van der Waals surface area contributed by atoms with Gasteiger partial charge in [-0.25, -0.2) is 17.2 Å². The van der Waals surface area contributed by atoms with E-state index in [1.165, 1.54) is 23.5 Å². The quantitative estimate of drug-likeness (QED) is 0.299. The highest BCUT2D eigenvalue weighted by Crippen LogP contribution is 2.36. The summed E-state index contributed by atoms with van der Waals surface area (Å²) in [4.78, 5) is 13.5. The molecule has 1 heterocycles. The Morgan fingerprint density at radius 3 is 2.42 bits per heavy atom. The summed E-state index contributed by atoms with van der Waals surface area (Å²) in [6, 6.07) is 15.2. The van der Waals surface area contributed by atoms with Crippen LogP contribution >= 0.6 is 11.3 Å². The second-order valence-electron chi connectivity index (χ2n) is 8.88. The Morgan fingerprint density at radius 1 is 1.00 bits per heavy atom. The molecule has 36 heavy (non-hydrogen) atoms. The van der Waals surface area contributed by atoms with Crippen LogP contribution in [-0.4, -0.2) is 20.6 Å². The first-order valence-corrected chi connectivity index (χ1v) is 13.5. The molecule has 0 atom stereocenters. The lowest BCUT2D eigenvalue weighted by Gasteiger charge is -2.27. The Balaban J connectivity index is 1.65. The van der Waals surface area contributed by atoms with Crippen LogP contribution in [0.3, 0.4) is 0 Å². The fraction of sp³-hybridized carbons (Fsp3) is 0.148. The normalized spacial score (nSPS) is 11.8. The van der Waals surface area contributed by atoms with Gasteiger partial charge in [-0.1, -0.05) is 25.8 Å². The molecule has 9 heteroatoms. The number of hydrogen-bond acceptors (Lipinski definition) is 4. The zero-order valence-corrected chi connectivity index (χ0v) is 21.3. The monoisotopic (exact) mass is 524 g/mol. The molecule has 0 spiro atoms. The summed E-state index contributed by atoms with van der Waals surface area (Å²) in [6.45, 7) is 3.58. The maximum Gasteiger partial charge on any atom is 0.265 e. The van der Waals surface area contributed by atoms with Crippen LogP contribution < -0.4 is 10.0 Å². The second-order valence-corrected chi connectivity index (χ2v) is 11.7. The highest BCUT2D eigenvalue weighted by atomic mass is 32.2. The molecule has 1 amide bonds. The van der Waals surface area contributed by atoms with Crippen molar-refractivity contribution in [1.82, 2.24) is 0 Å². The lowest BCUT2D eigenvalue weighted by atomic mass is 9.77. The van der Waals surface area contributed by atoms with Gasteiger partial charge in [-0.05, 0) is 65.0 Å². The highest BCUT2D eigenvalue weighted by Gasteiger charge is 2.28. The number of anilines is 2. The van der Waals surface area contributed by atoms with E-state index in [4.69, 9.17) is 6.42 Å². The maximum atomic E-state index is 14.6. The van der Waals surface area contributed by atoms with Crippen molar-refractivity contribution in [1.29, 1.82) is 0 Å². The van der Waals surface area contributed by atoms with Gasteiger partial charge in [-0.2, -0.15) is 0 Å². The third-order valence-corrected chi connectivity index (χ3v) is 7.45. The predicted molar refractivity (Wildman–Crippen MR) is 141 cm³/mol. The van der Waals surface area contributed by atoms with E-state index < -0.39 is 27.1 Å². The number of carbonyl (C=O) groups is 1. The summed E-state index contributed by atoms with van der Waals surface area (Å²) in [5.74, 6) is 0.840. The van der Waals surface area contributed by atoms with E-state index in [9.17, 15) is 22.0 Å². The molecule has 2 N–H and O–H groups in total. The van der Waals surface area contributed by atoms with Gasteiger partial charge in [0.15, 0.2) is 0 Å². The van der Waals surface area contributed by atoms with Gasteiger partial charge >= 0.3 is 0 Å². The highest BCUT2D eigenvalue weighted by molar-refractivity contribution is 7.92. The maximum absolute atomic E-state index is 14.6. The molecule has 0 aliphatic heterocycles. The smallest absolute Gasteiger partial charge is 0.265 e. The average molecular weight is 525 g/mol. The number of hydrogen-bond donors (Lipinski definition) is 2. The molecule has 4 rings (SSSR count). The lowest BCUT2D eigenvalue weighted by Crippen LogP contribution is -2.21. The van der Waals surface area contributed by atoms with Crippen molar-refractivity contribution in [2.75, 3.05) is 16.3 Å². The predicted octanol–water partition coefficient (Wildman–Crippen LogP) is 6.11. The standard InChI is InChI=1S/C27H22F2N2O3S2/c1-5-16-10-18(27(2,3)22-8-6-19(28)15-23(22)29)14-21(11-16)30-26(32)25-13-17-12-20(31-36(4,33)34)7-9-24(17)35-25/h1,6-15,31H,2-4H3,(H,30,32). The van der Waals surface area contributed by atoms with Crippen LogP contribution in [0, 0.1) is 24.0 Å². The van der Waals surface area contributed by atoms with Gasteiger partial charge in [0.25, 0.3) is 5.91 Å². The molecule has 0 fully saturated rings. The lowest BCUT2D eigenvalue weighted by molar-refractivity contribution is 0.103. The molecule has 0 bridgehead atoms. The Kier molecular flexibility index (Phi) is 6.60. The van der Waals surface area contributed by atoms with E-state index >= 15 is 0 Å². The molecule has 5 nitrogen and oxygen atoms in total. The summed E-state index contributed by atoms with van der Waals surface area (Å²) in [5.41, 5.74) is 1.38. The Labute approximate surface area is 212 Å². The van der Waals surface area contributed by atoms with Gasteiger partial charge in [0.2, 0.25) is 10.0 Å². The van der Waals surface area contributed by atoms with E-state index in [2.05, 4.69) is 16.0 Å². The van der Waals surface area contributed by atoms with Crippen molar-refractivity contribution in [2.24, 2.45) is 0 Å². The Bertz CT molecular complexity index is 1650. The SMILES string of the molecule is C#Cc1cc(NC(=O)c2cc3cc(NS(C)(=O)=O)ccc3s2)cc(C(C)(C)c2ccc(F)cc2F)c1. The molecule has 4 aromatic rings. The van der Waals surface area contributed by atoms with Gasteiger partial charge in [0, 0.05) is 33.1 Å². The minimum Gasteiger partial charge on any atom is -0.321 e. The number of amides is 1. The summed E-state index contributed by atoms with van der Waals surface area (Å²) in [6.07, 6.45) is 6.70. The number of nitrogens with one attached hydrogen (secondary N) is 2.